The molecular formula is C15H31N3O. The molecule has 0 aromatic heterocycles. The zero-order valence-electron chi connectivity index (χ0n) is 13.3. The Kier molecular flexibility index (Phi) is 5.39. The second-order valence-corrected chi connectivity index (χ2v) is 7.14. The molecule has 1 saturated heterocycles. The monoisotopic (exact) mass is 269 g/mol. The number of likely N-dealkylation sites (N-methyl/N-ethyl adjacent to an activating group) is 1. The van der Waals surface area contributed by atoms with E-state index in [1.807, 2.05) is 13.8 Å². The second kappa shape index (κ2) is 6.23. The van der Waals surface area contributed by atoms with Gasteiger partial charge in [0.25, 0.3) is 0 Å². The van der Waals surface area contributed by atoms with E-state index >= 15 is 0 Å². The number of amides is 1. The van der Waals surface area contributed by atoms with Gasteiger partial charge in [-0.2, -0.15) is 0 Å². The first-order valence-electron chi connectivity index (χ1n) is 7.46. The van der Waals surface area contributed by atoms with Crippen LogP contribution in [0.1, 0.15) is 47.5 Å². The maximum Gasteiger partial charge on any atom is 0.238 e. The molecule has 0 aliphatic carbocycles. The highest BCUT2D eigenvalue weighted by molar-refractivity contribution is 5.84. The molecule has 1 unspecified atom stereocenters. The lowest BCUT2D eigenvalue weighted by Gasteiger charge is -2.41. The molecule has 1 fully saturated rings. The highest BCUT2D eigenvalue weighted by Crippen LogP contribution is 2.34. The van der Waals surface area contributed by atoms with Crippen LogP contribution in [-0.2, 0) is 4.79 Å². The SMILES string of the molecule is CCNC(C)(CN1CCC(C(C)(C)C)CC1)C(N)=O. The topological polar surface area (TPSA) is 58.4 Å². The summed E-state index contributed by atoms with van der Waals surface area (Å²) in [6, 6.07) is 0. The Bertz CT molecular complexity index is 303. The number of nitrogens with one attached hydrogen (secondary N) is 1. The standard InChI is InChI=1S/C15H31N3O/c1-6-17-15(5,13(16)19)11-18-9-7-12(8-10-18)14(2,3)4/h12,17H,6-11H2,1-5H3,(H2,16,19). The smallest absolute Gasteiger partial charge is 0.238 e. The minimum atomic E-state index is -0.608. The lowest BCUT2D eigenvalue weighted by Crippen LogP contribution is -2.60. The van der Waals surface area contributed by atoms with Crippen LogP contribution in [0.4, 0.5) is 0 Å². The first-order chi connectivity index (χ1) is 8.69. The molecule has 1 aliphatic rings. The van der Waals surface area contributed by atoms with E-state index in [2.05, 4.69) is 31.0 Å². The molecule has 4 heteroatoms. The number of carbonyl (C=O) groups excluding carboxylic acids is 1. The van der Waals surface area contributed by atoms with Crippen LogP contribution in [-0.4, -0.2) is 42.5 Å². The molecule has 0 aromatic carbocycles. The lowest BCUT2D eigenvalue weighted by atomic mass is 9.75. The molecule has 0 aromatic rings. The molecule has 4 nitrogen and oxygen atoms in total. The van der Waals surface area contributed by atoms with E-state index in [4.69, 9.17) is 5.73 Å². The zero-order valence-corrected chi connectivity index (χ0v) is 13.3. The lowest BCUT2D eigenvalue weighted by molar-refractivity contribution is -0.124. The summed E-state index contributed by atoms with van der Waals surface area (Å²) < 4.78 is 0. The van der Waals surface area contributed by atoms with Crippen molar-refractivity contribution in [1.29, 1.82) is 0 Å². The third-order valence-electron chi connectivity index (χ3n) is 4.46. The highest BCUT2D eigenvalue weighted by Gasteiger charge is 2.35. The molecule has 0 saturated carbocycles. The summed E-state index contributed by atoms with van der Waals surface area (Å²) in [7, 11) is 0. The first kappa shape index (κ1) is 16.4. The van der Waals surface area contributed by atoms with Crippen molar-refractivity contribution in [1.82, 2.24) is 10.2 Å². The molecule has 0 radical (unpaired) electrons. The predicted octanol–water partition coefficient (Wildman–Crippen LogP) is 1.60. The molecule has 1 aliphatic heterocycles. The van der Waals surface area contributed by atoms with E-state index in [-0.39, 0.29) is 5.91 Å². The summed E-state index contributed by atoms with van der Waals surface area (Å²) >= 11 is 0. The van der Waals surface area contributed by atoms with Gasteiger partial charge in [-0.3, -0.25) is 4.79 Å². The molecule has 1 rings (SSSR count). The first-order valence-corrected chi connectivity index (χ1v) is 7.46. The van der Waals surface area contributed by atoms with E-state index in [9.17, 15) is 4.79 Å². The minimum Gasteiger partial charge on any atom is -0.368 e. The zero-order chi connectivity index (χ0) is 14.7. The van der Waals surface area contributed by atoms with Gasteiger partial charge in [0.15, 0.2) is 0 Å². The molecule has 112 valence electrons. The van der Waals surface area contributed by atoms with Gasteiger partial charge < -0.3 is 16.0 Å². The largest absolute Gasteiger partial charge is 0.368 e. The van der Waals surface area contributed by atoms with Crippen LogP contribution in [0.3, 0.4) is 0 Å². The fraction of sp³-hybridized carbons (Fsp3) is 0.933. The van der Waals surface area contributed by atoms with Crippen molar-refractivity contribution in [2.24, 2.45) is 17.1 Å². The Balaban J connectivity index is 2.54. The van der Waals surface area contributed by atoms with Crippen molar-refractivity contribution in [3.8, 4) is 0 Å². The van der Waals surface area contributed by atoms with Gasteiger partial charge in [0.05, 0.1) is 0 Å². The highest BCUT2D eigenvalue weighted by atomic mass is 16.1. The van der Waals surface area contributed by atoms with Gasteiger partial charge in [-0.1, -0.05) is 27.7 Å². The van der Waals surface area contributed by atoms with Crippen molar-refractivity contribution in [2.75, 3.05) is 26.2 Å². The van der Waals surface area contributed by atoms with Crippen LogP contribution in [0, 0.1) is 11.3 Å². The Morgan fingerprint density at radius 2 is 1.79 bits per heavy atom. The normalized spacial score (nSPS) is 22.2. The third kappa shape index (κ3) is 4.46. The molecular weight excluding hydrogens is 238 g/mol. The quantitative estimate of drug-likeness (QED) is 0.797. The molecule has 0 bridgehead atoms. The number of primary amides is 1. The maximum absolute atomic E-state index is 11.6. The van der Waals surface area contributed by atoms with Crippen molar-refractivity contribution in [2.45, 2.75) is 53.0 Å². The average Bonchev–Trinajstić information content (AvgIpc) is 2.28. The van der Waals surface area contributed by atoms with E-state index in [1.54, 1.807) is 0 Å². The van der Waals surface area contributed by atoms with Crippen molar-refractivity contribution < 1.29 is 4.79 Å². The fourth-order valence-corrected chi connectivity index (χ4v) is 3.02. The van der Waals surface area contributed by atoms with Gasteiger partial charge in [0.2, 0.25) is 5.91 Å². The maximum atomic E-state index is 11.6. The number of nitrogens with two attached hydrogens (primary N) is 1. The summed E-state index contributed by atoms with van der Waals surface area (Å²) in [6.07, 6.45) is 2.43. The average molecular weight is 269 g/mol. The van der Waals surface area contributed by atoms with Gasteiger partial charge in [-0.15, -0.1) is 0 Å². The Morgan fingerprint density at radius 3 is 2.16 bits per heavy atom. The van der Waals surface area contributed by atoms with Gasteiger partial charge in [-0.05, 0) is 50.7 Å². The minimum absolute atomic E-state index is 0.257. The summed E-state index contributed by atoms with van der Waals surface area (Å²) in [5.74, 6) is 0.523. The summed E-state index contributed by atoms with van der Waals surface area (Å²) in [6.45, 7) is 14.5. The predicted molar refractivity (Wildman–Crippen MR) is 79.9 cm³/mol. The van der Waals surface area contributed by atoms with Crippen LogP contribution < -0.4 is 11.1 Å². The number of rotatable bonds is 5. The summed E-state index contributed by atoms with van der Waals surface area (Å²) in [5, 5.41) is 3.23. The molecule has 1 amide bonds. The summed E-state index contributed by atoms with van der Waals surface area (Å²) in [5.41, 5.74) is 5.32. The number of nitrogens with zero attached hydrogens (tertiary/aromatic N) is 1. The number of hydrogen-bond acceptors (Lipinski definition) is 3. The van der Waals surface area contributed by atoms with Crippen LogP contribution in [0.2, 0.25) is 0 Å². The van der Waals surface area contributed by atoms with Crippen molar-refractivity contribution in [3.63, 3.8) is 0 Å². The molecule has 0 spiro atoms. The van der Waals surface area contributed by atoms with Gasteiger partial charge in [0.1, 0.15) is 5.54 Å². The fourth-order valence-electron chi connectivity index (χ4n) is 3.02. The van der Waals surface area contributed by atoms with Gasteiger partial charge in [0, 0.05) is 6.54 Å². The molecule has 1 atom stereocenters. The number of likely N-dealkylation sites (tertiary alicyclic amines) is 1. The van der Waals surface area contributed by atoms with E-state index in [0.717, 1.165) is 25.6 Å². The van der Waals surface area contributed by atoms with Crippen LogP contribution in [0.25, 0.3) is 0 Å². The summed E-state index contributed by atoms with van der Waals surface area (Å²) in [4.78, 5) is 14.0. The van der Waals surface area contributed by atoms with Gasteiger partial charge in [-0.25, -0.2) is 0 Å². The van der Waals surface area contributed by atoms with E-state index < -0.39 is 5.54 Å². The second-order valence-electron chi connectivity index (χ2n) is 7.14. The van der Waals surface area contributed by atoms with Crippen LogP contribution in [0.5, 0.6) is 0 Å². The van der Waals surface area contributed by atoms with Crippen molar-refractivity contribution >= 4 is 5.91 Å². The Hall–Kier alpha value is -0.610. The molecule has 19 heavy (non-hydrogen) atoms. The number of hydrogen-bond donors (Lipinski definition) is 2. The van der Waals surface area contributed by atoms with E-state index in [1.165, 1.54) is 12.8 Å². The van der Waals surface area contributed by atoms with Crippen molar-refractivity contribution in [3.05, 3.63) is 0 Å². The number of piperidine rings is 1. The Labute approximate surface area is 118 Å². The molecule has 1 heterocycles. The van der Waals surface area contributed by atoms with Crippen LogP contribution >= 0.6 is 0 Å². The number of carbonyl (C=O) groups is 1. The van der Waals surface area contributed by atoms with Gasteiger partial charge >= 0.3 is 0 Å². The molecule has 3 N–H and O–H groups in total. The Morgan fingerprint density at radius 1 is 1.26 bits per heavy atom. The third-order valence-corrected chi connectivity index (χ3v) is 4.46. The van der Waals surface area contributed by atoms with E-state index in [0.29, 0.717) is 12.0 Å². The van der Waals surface area contributed by atoms with Crippen LogP contribution in [0.15, 0.2) is 0 Å².